The highest BCUT2D eigenvalue weighted by molar-refractivity contribution is 9.10. The van der Waals surface area contributed by atoms with Crippen LogP contribution in [0.4, 0.5) is 4.39 Å². The van der Waals surface area contributed by atoms with Gasteiger partial charge < -0.3 is 15.4 Å². The molecule has 1 atom stereocenters. The number of amides is 1. The van der Waals surface area contributed by atoms with Gasteiger partial charge >= 0.3 is 0 Å². The molecule has 0 aromatic heterocycles. The van der Waals surface area contributed by atoms with Crippen molar-refractivity contribution in [2.24, 2.45) is 5.41 Å². The minimum Gasteiger partial charge on any atom is -0.384 e. The topological polar surface area (TPSA) is 50.4 Å². The summed E-state index contributed by atoms with van der Waals surface area (Å²) in [7, 11) is 1.59. The number of carbonyl (C=O) groups is 1. The first-order valence-corrected chi connectivity index (χ1v) is 7.28. The van der Waals surface area contributed by atoms with Crippen molar-refractivity contribution in [1.82, 2.24) is 10.6 Å². The van der Waals surface area contributed by atoms with Gasteiger partial charge in [0.15, 0.2) is 0 Å². The maximum absolute atomic E-state index is 13.2. The van der Waals surface area contributed by atoms with Gasteiger partial charge in [0.05, 0.1) is 12.0 Å². The van der Waals surface area contributed by atoms with Gasteiger partial charge in [0.1, 0.15) is 5.82 Å². The summed E-state index contributed by atoms with van der Waals surface area (Å²) >= 11 is 3.35. The zero-order valence-electron chi connectivity index (χ0n) is 11.3. The Labute approximate surface area is 126 Å². The molecule has 1 fully saturated rings. The lowest BCUT2D eigenvalue weighted by molar-refractivity contribution is -0.133. The summed E-state index contributed by atoms with van der Waals surface area (Å²) < 4.78 is 19.2. The van der Waals surface area contributed by atoms with Gasteiger partial charge in [-0.3, -0.25) is 4.79 Å². The summed E-state index contributed by atoms with van der Waals surface area (Å²) in [5.74, 6) is -0.368. The third-order valence-electron chi connectivity index (χ3n) is 3.59. The maximum atomic E-state index is 13.2. The molecule has 1 saturated heterocycles. The lowest BCUT2D eigenvalue weighted by atomic mass is 9.87. The SMILES string of the molecule is COCC1(C(=O)NCc2cc(F)ccc2Br)CCNC1. The molecule has 0 bridgehead atoms. The van der Waals surface area contributed by atoms with Crippen LogP contribution in [-0.2, 0) is 16.1 Å². The van der Waals surface area contributed by atoms with Crippen LogP contribution in [0.5, 0.6) is 0 Å². The predicted molar refractivity (Wildman–Crippen MR) is 77.7 cm³/mol. The van der Waals surface area contributed by atoms with E-state index in [1.54, 1.807) is 13.2 Å². The fourth-order valence-corrected chi connectivity index (χ4v) is 2.83. The summed E-state index contributed by atoms with van der Waals surface area (Å²) in [6.45, 7) is 2.09. The molecule has 1 unspecified atom stereocenters. The number of hydrogen-bond donors (Lipinski definition) is 2. The van der Waals surface area contributed by atoms with Crippen molar-refractivity contribution >= 4 is 21.8 Å². The second-order valence-corrected chi connectivity index (χ2v) is 5.91. The monoisotopic (exact) mass is 344 g/mol. The Bertz CT molecular complexity index is 490. The van der Waals surface area contributed by atoms with E-state index in [1.807, 2.05) is 0 Å². The molecule has 1 aliphatic rings. The normalized spacial score (nSPS) is 21.9. The first-order valence-electron chi connectivity index (χ1n) is 6.49. The van der Waals surface area contributed by atoms with Crippen molar-refractivity contribution in [3.8, 4) is 0 Å². The van der Waals surface area contributed by atoms with Crippen molar-refractivity contribution in [2.45, 2.75) is 13.0 Å². The molecule has 1 aromatic carbocycles. The molecule has 1 aromatic rings. The number of ether oxygens (including phenoxy) is 1. The highest BCUT2D eigenvalue weighted by atomic mass is 79.9. The summed E-state index contributed by atoms with van der Waals surface area (Å²) in [5, 5.41) is 6.07. The van der Waals surface area contributed by atoms with E-state index in [4.69, 9.17) is 4.74 Å². The Hall–Kier alpha value is -0.980. The summed E-state index contributed by atoms with van der Waals surface area (Å²) in [5.41, 5.74) is 0.200. The van der Waals surface area contributed by atoms with Crippen molar-refractivity contribution in [2.75, 3.05) is 26.8 Å². The Balaban J connectivity index is 2.02. The molecule has 20 heavy (non-hydrogen) atoms. The standard InChI is InChI=1S/C14H18BrFN2O2/c1-20-9-14(4-5-17-8-14)13(19)18-7-10-6-11(16)2-3-12(10)15/h2-3,6,17H,4-5,7-9H2,1H3,(H,18,19). The second kappa shape index (κ2) is 6.65. The third-order valence-corrected chi connectivity index (χ3v) is 4.37. The van der Waals surface area contributed by atoms with E-state index in [0.717, 1.165) is 23.0 Å². The number of rotatable bonds is 5. The molecule has 4 nitrogen and oxygen atoms in total. The molecule has 2 rings (SSSR count). The lowest BCUT2D eigenvalue weighted by Crippen LogP contribution is -2.45. The quantitative estimate of drug-likeness (QED) is 0.856. The molecule has 0 aliphatic carbocycles. The van der Waals surface area contributed by atoms with Gasteiger partial charge in [-0.2, -0.15) is 0 Å². The van der Waals surface area contributed by atoms with Crippen LogP contribution in [0.3, 0.4) is 0 Å². The minimum atomic E-state index is -0.519. The maximum Gasteiger partial charge on any atom is 0.230 e. The number of methoxy groups -OCH3 is 1. The molecule has 110 valence electrons. The van der Waals surface area contributed by atoms with Crippen LogP contribution in [0.1, 0.15) is 12.0 Å². The van der Waals surface area contributed by atoms with Gasteiger partial charge in [-0.25, -0.2) is 4.39 Å². The fraction of sp³-hybridized carbons (Fsp3) is 0.500. The average Bonchev–Trinajstić information content (AvgIpc) is 2.90. The van der Waals surface area contributed by atoms with E-state index in [1.165, 1.54) is 12.1 Å². The zero-order valence-corrected chi connectivity index (χ0v) is 12.9. The molecule has 0 spiro atoms. The smallest absolute Gasteiger partial charge is 0.230 e. The predicted octanol–water partition coefficient (Wildman–Crippen LogP) is 1.83. The molecule has 2 N–H and O–H groups in total. The number of carbonyl (C=O) groups excluding carboxylic acids is 1. The highest BCUT2D eigenvalue weighted by Crippen LogP contribution is 2.26. The lowest BCUT2D eigenvalue weighted by Gasteiger charge is -2.26. The summed E-state index contributed by atoms with van der Waals surface area (Å²) in [4.78, 5) is 12.4. The van der Waals surface area contributed by atoms with Gasteiger partial charge in [-0.15, -0.1) is 0 Å². The molecule has 1 aliphatic heterocycles. The summed E-state index contributed by atoms with van der Waals surface area (Å²) in [6, 6.07) is 4.43. The van der Waals surface area contributed by atoms with Gasteiger partial charge in [-0.05, 0) is 36.7 Å². The van der Waals surface area contributed by atoms with Gasteiger partial charge in [0.2, 0.25) is 5.91 Å². The van der Waals surface area contributed by atoms with Crippen molar-refractivity contribution in [1.29, 1.82) is 0 Å². The second-order valence-electron chi connectivity index (χ2n) is 5.06. The molecule has 1 heterocycles. The van der Waals surface area contributed by atoms with E-state index in [0.29, 0.717) is 19.7 Å². The van der Waals surface area contributed by atoms with Crippen LogP contribution in [0.15, 0.2) is 22.7 Å². The van der Waals surface area contributed by atoms with Crippen molar-refractivity contribution in [3.63, 3.8) is 0 Å². The Morgan fingerprint density at radius 1 is 1.60 bits per heavy atom. The Morgan fingerprint density at radius 3 is 3.05 bits per heavy atom. The fourth-order valence-electron chi connectivity index (χ4n) is 2.44. The van der Waals surface area contributed by atoms with Crippen LogP contribution >= 0.6 is 15.9 Å². The Kier molecular flexibility index (Phi) is 5.12. The first kappa shape index (κ1) is 15.4. The zero-order chi connectivity index (χ0) is 14.6. The summed E-state index contributed by atoms with van der Waals surface area (Å²) in [6.07, 6.45) is 0.747. The van der Waals surface area contributed by atoms with E-state index >= 15 is 0 Å². The number of benzene rings is 1. The molecular weight excluding hydrogens is 327 g/mol. The van der Waals surface area contributed by atoms with Gasteiger partial charge in [-0.1, -0.05) is 15.9 Å². The number of nitrogens with one attached hydrogen (secondary N) is 2. The van der Waals surface area contributed by atoms with Crippen LogP contribution in [0, 0.1) is 11.2 Å². The Morgan fingerprint density at radius 2 is 2.40 bits per heavy atom. The van der Waals surface area contributed by atoms with Crippen LogP contribution in [-0.4, -0.2) is 32.7 Å². The van der Waals surface area contributed by atoms with Crippen LogP contribution in [0.25, 0.3) is 0 Å². The largest absolute Gasteiger partial charge is 0.384 e. The van der Waals surface area contributed by atoms with E-state index in [-0.39, 0.29) is 11.7 Å². The van der Waals surface area contributed by atoms with Crippen LogP contribution in [0.2, 0.25) is 0 Å². The molecule has 1 amide bonds. The van der Waals surface area contributed by atoms with E-state index < -0.39 is 5.41 Å². The highest BCUT2D eigenvalue weighted by Gasteiger charge is 2.41. The molecular formula is C14H18BrFN2O2. The van der Waals surface area contributed by atoms with Gasteiger partial charge in [0, 0.05) is 24.7 Å². The first-order chi connectivity index (χ1) is 9.57. The molecule has 6 heteroatoms. The van der Waals surface area contributed by atoms with E-state index in [9.17, 15) is 9.18 Å². The van der Waals surface area contributed by atoms with Gasteiger partial charge in [0.25, 0.3) is 0 Å². The van der Waals surface area contributed by atoms with E-state index in [2.05, 4.69) is 26.6 Å². The van der Waals surface area contributed by atoms with Crippen molar-refractivity contribution < 1.29 is 13.9 Å². The third kappa shape index (κ3) is 3.37. The minimum absolute atomic E-state index is 0.0551. The van der Waals surface area contributed by atoms with Crippen molar-refractivity contribution in [3.05, 3.63) is 34.1 Å². The molecule has 0 saturated carbocycles. The number of halogens is 2. The average molecular weight is 345 g/mol. The molecule has 0 radical (unpaired) electrons. The number of hydrogen-bond acceptors (Lipinski definition) is 3. The van der Waals surface area contributed by atoms with Crippen LogP contribution < -0.4 is 10.6 Å².